The van der Waals surface area contributed by atoms with E-state index in [0.717, 1.165) is 11.4 Å². The highest BCUT2D eigenvalue weighted by Crippen LogP contribution is 2.35. The number of nitrogens with two attached hydrogens (primary N) is 1. The maximum Gasteiger partial charge on any atom is 0.323 e. The third kappa shape index (κ3) is 6.61. The Morgan fingerprint density at radius 2 is 1.61 bits per heavy atom. The van der Waals surface area contributed by atoms with Crippen LogP contribution in [0.5, 0.6) is 5.75 Å². The van der Waals surface area contributed by atoms with Crippen LogP contribution in [0.25, 0.3) is 0 Å². The molecule has 150 valence electrons. The lowest BCUT2D eigenvalue weighted by Crippen LogP contribution is -2.33. The predicted octanol–water partition coefficient (Wildman–Crippen LogP) is -0.494. The second-order valence-corrected chi connectivity index (χ2v) is 6.18. The average molecular weight is 387 g/mol. The lowest BCUT2D eigenvalue weighted by molar-refractivity contribution is -0.138. The quantitative estimate of drug-likeness (QED) is 0.227. The highest BCUT2D eigenvalue weighted by atomic mass is 16.5. The molecule has 0 aromatic heterocycles. The fourth-order valence-corrected chi connectivity index (χ4v) is 2.31. The van der Waals surface area contributed by atoms with Gasteiger partial charge in [0.2, 0.25) is 0 Å². The number of hydrogen-bond acceptors (Lipinski definition) is 8. The fraction of sp³-hybridized carbons (Fsp3) is 0.333. The van der Waals surface area contributed by atoms with Crippen LogP contribution in [0.2, 0.25) is 0 Å². The van der Waals surface area contributed by atoms with E-state index in [0.29, 0.717) is 35.5 Å². The Bertz CT molecular complexity index is 723. The van der Waals surface area contributed by atoms with E-state index in [1.165, 1.54) is 7.11 Å². The monoisotopic (exact) mass is 387 g/mol. The van der Waals surface area contributed by atoms with Crippen molar-refractivity contribution in [1.29, 1.82) is 0 Å². The molecule has 0 radical (unpaired) electrons. The molecular weight excluding hydrogens is 360 g/mol. The lowest BCUT2D eigenvalue weighted by Gasteiger charge is -2.27. The Labute approximate surface area is 167 Å². The van der Waals surface area contributed by atoms with Crippen LogP contribution in [0.3, 0.4) is 0 Å². The molecule has 0 saturated carbocycles. The van der Waals surface area contributed by atoms with E-state index in [1.807, 2.05) is 11.0 Å². The Kier molecular flexibility index (Phi) is 9.01. The number of esters is 2. The second-order valence-electron chi connectivity index (χ2n) is 6.18. The third-order valence-electron chi connectivity index (χ3n) is 3.85. The van der Waals surface area contributed by atoms with Gasteiger partial charge in [0.1, 0.15) is 34.7 Å². The summed E-state index contributed by atoms with van der Waals surface area (Å²) in [6.07, 6.45) is 0. The second kappa shape index (κ2) is 11.0. The van der Waals surface area contributed by atoms with Gasteiger partial charge in [0.25, 0.3) is 0 Å². The summed E-state index contributed by atoms with van der Waals surface area (Å²) in [5.41, 5.74) is 8.63. The van der Waals surface area contributed by atoms with Crippen LogP contribution in [0.15, 0.2) is 36.2 Å². The summed E-state index contributed by atoms with van der Waals surface area (Å²) in [6.45, 7) is 8.08. The van der Waals surface area contributed by atoms with Crippen LogP contribution in [-0.2, 0) is 19.1 Å². The van der Waals surface area contributed by atoms with E-state index < -0.39 is 11.9 Å². The molecule has 10 heteroatoms. The molecule has 28 heavy (non-hydrogen) atoms. The van der Waals surface area contributed by atoms with E-state index >= 15 is 0 Å². The van der Waals surface area contributed by atoms with Gasteiger partial charge in [-0.1, -0.05) is 13.2 Å². The number of methoxy groups -OCH3 is 1. The predicted molar refractivity (Wildman–Crippen MR) is 116 cm³/mol. The van der Waals surface area contributed by atoms with Crippen molar-refractivity contribution in [1.82, 2.24) is 0 Å². The topological polar surface area (TPSA) is 103 Å². The Hall–Kier alpha value is -3.03. The number of carbonyl (C=O) groups excluding carboxylic acids is 2. The van der Waals surface area contributed by atoms with Crippen LogP contribution >= 0.6 is 0 Å². The van der Waals surface area contributed by atoms with Crippen LogP contribution in [0.4, 0.5) is 17.1 Å². The summed E-state index contributed by atoms with van der Waals surface area (Å²) < 4.78 is 15.8. The van der Waals surface area contributed by atoms with Crippen molar-refractivity contribution < 1.29 is 23.8 Å². The number of benzene rings is 1. The number of carbonyl (C=O) groups is 2. The van der Waals surface area contributed by atoms with Crippen molar-refractivity contribution in [3.63, 3.8) is 0 Å². The van der Waals surface area contributed by atoms with Crippen LogP contribution < -0.4 is 20.7 Å². The highest BCUT2D eigenvalue weighted by molar-refractivity contribution is 6.35. The van der Waals surface area contributed by atoms with E-state index in [1.54, 1.807) is 28.8 Å². The summed E-state index contributed by atoms with van der Waals surface area (Å²) in [5, 5.41) is 3.02. The molecule has 1 aromatic rings. The van der Waals surface area contributed by atoms with Crippen LogP contribution in [0.1, 0.15) is 0 Å². The van der Waals surface area contributed by atoms with Gasteiger partial charge in [-0.15, -0.1) is 0 Å². The van der Waals surface area contributed by atoms with Gasteiger partial charge in [-0.05, 0) is 17.0 Å². The number of nitrogens with one attached hydrogen (secondary N) is 1. The number of nitrogen functional groups attached to an aromatic ring is 1. The van der Waals surface area contributed by atoms with Gasteiger partial charge in [-0.3, -0.25) is 0 Å². The zero-order valence-electron chi connectivity index (χ0n) is 17.0. The highest BCUT2D eigenvalue weighted by Gasteiger charge is 2.17. The molecule has 0 aliphatic heterocycles. The molecule has 1 aromatic carbocycles. The first-order chi connectivity index (χ1) is 13.2. The van der Waals surface area contributed by atoms with Gasteiger partial charge in [-0.25, -0.2) is 9.59 Å². The number of hydrogen-bond donors (Lipinski definition) is 2. The SMILES string of the molecule is BC(=C)C(=O)OCCN(CCOC(=O)C(B)=C)c1cc(NC)c(N)cc1OC. The van der Waals surface area contributed by atoms with E-state index in [4.69, 9.17) is 19.9 Å². The van der Waals surface area contributed by atoms with Gasteiger partial charge >= 0.3 is 11.9 Å². The molecule has 0 unspecified atom stereocenters. The Morgan fingerprint density at radius 1 is 1.11 bits per heavy atom. The van der Waals surface area contributed by atoms with Gasteiger partial charge in [0, 0.05) is 13.1 Å². The molecule has 0 bridgehead atoms. The molecular formula is C18H27B2N3O5. The third-order valence-corrected chi connectivity index (χ3v) is 3.85. The minimum Gasteiger partial charge on any atom is -0.495 e. The lowest BCUT2D eigenvalue weighted by atomic mass is 9.99. The standard InChI is InChI=1S/C18H27B2N3O5/c1-11(19)17(24)27-7-5-23(6-8-28-18(25)12(2)20)15-10-14(22-3)13(21)9-16(15)26-4/h9-10,22H,1-2,5-8,19-21H2,3-4H3. The normalized spacial score (nSPS) is 9.93. The summed E-state index contributed by atoms with van der Waals surface area (Å²) >= 11 is 0. The smallest absolute Gasteiger partial charge is 0.323 e. The van der Waals surface area contributed by atoms with Gasteiger partial charge < -0.3 is 30.2 Å². The first-order valence-electron chi connectivity index (χ1n) is 8.76. The van der Waals surface area contributed by atoms with Gasteiger partial charge in [0.05, 0.1) is 37.3 Å². The van der Waals surface area contributed by atoms with E-state index in [2.05, 4.69) is 18.5 Å². The summed E-state index contributed by atoms with van der Waals surface area (Å²) in [5.74, 6) is -0.378. The Balaban J connectivity index is 3.01. The number of ether oxygens (including phenoxy) is 3. The molecule has 0 atom stereocenters. The molecule has 0 spiro atoms. The minimum absolute atomic E-state index is 0.128. The average Bonchev–Trinajstić information content (AvgIpc) is 2.65. The van der Waals surface area contributed by atoms with Crippen LogP contribution in [0, 0.1) is 0 Å². The van der Waals surface area contributed by atoms with Gasteiger partial charge in [-0.2, -0.15) is 0 Å². The molecule has 0 saturated heterocycles. The van der Waals surface area contributed by atoms with Crippen molar-refractivity contribution in [3.05, 3.63) is 36.2 Å². The summed E-state index contributed by atoms with van der Waals surface area (Å²) in [6, 6.07) is 3.53. The maximum absolute atomic E-state index is 11.6. The molecule has 0 aliphatic carbocycles. The van der Waals surface area contributed by atoms with Crippen LogP contribution in [-0.4, -0.2) is 68.1 Å². The Morgan fingerprint density at radius 3 is 2.00 bits per heavy atom. The van der Waals surface area contributed by atoms with Crippen molar-refractivity contribution >= 4 is 44.7 Å². The molecule has 0 amide bonds. The largest absolute Gasteiger partial charge is 0.495 e. The first-order valence-corrected chi connectivity index (χ1v) is 8.76. The summed E-state index contributed by atoms with van der Waals surface area (Å²) in [4.78, 5) is 25.2. The summed E-state index contributed by atoms with van der Waals surface area (Å²) in [7, 11) is 6.46. The molecule has 0 fully saturated rings. The van der Waals surface area contributed by atoms with Crippen molar-refractivity contribution in [2.75, 3.05) is 56.4 Å². The maximum atomic E-state index is 11.6. The number of rotatable bonds is 11. The fourth-order valence-electron chi connectivity index (χ4n) is 2.31. The van der Waals surface area contributed by atoms with E-state index in [-0.39, 0.29) is 13.2 Å². The molecule has 0 aliphatic rings. The van der Waals surface area contributed by atoms with Crippen molar-refractivity contribution in [3.8, 4) is 5.75 Å². The molecule has 3 N–H and O–H groups in total. The zero-order chi connectivity index (χ0) is 21.3. The first kappa shape index (κ1) is 23.0. The van der Waals surface area contributed by atoms with Crippen molar-refractivity contribution in [2.45, 2.75) is 0 Å². The number of nitrogens with zero attached hydrogens (tertiary/aromatic N) is 1. The minimum atomic E-state index is -0.464. The molecule has 8 nitrogen and oxygen atoms in total. The molecule has 1 rings (SSSR count). The zero-order valence-corrected chi connectivity index (χ0v) is 17.0. The van der Waals surface area contributed by atoms with E-state index in [9.17, 15) is 9.59 Å². The van der Waals surface area contributed by atoms with Crippen molar-refractivity contribution in [2.24, 2.45) is 0 Å². The number of anilines is 3. The van der Waals surface area contributed by atoms with Gasteiger partial charge in [0.15, 0.2) is 0 Å². The molecule has 0 heterocycles.